The summed E-state index contributed by atoms with van der Waals surface area (Å²) in [4.78, 5) is 58.8. The summed E-state index contributed by atoms with van der Waals surface area (Å²) in [5, 5.41) is 7.49. The Labute approximate surface area is 261 Å². The van der Waals surface area contributed by atoms with Gasteiger partial charge in [0, 0.05) is 0 Å². The lowest BCUT2D eigenvalue weighted by Gasteiger charge is -2.26. The first kappa shape index (κ1) is 41.8. The highest BCUT2D eigenvalue weighted by Crippen LogP contribution is 2.13. The molecule has 0 saturated heterocycles. The molecular formula is C30H51ClN4O8. The van der Waals surface area contributed by atoms with E-state index in [-0.39, 0.29) is 49.8 Å². The van der Waals surface area contributed by atoms with Crippen molar-refractivity contribution in [2.75, 3.05) is 13.1 Å². The molecule has 0 spiro atoms. The third-order valence-corrected chi connectivity index (χ3v) is 5.08. The van der Waals surface area contributed by atoms with Crippen molar-refractivity contribution in [3.8, 4) is 0 Å². The largest absolute Gasteiger partial charge is 0.458 e. The Kier molecular flexibility index (Phi) is 19.2. The molecule has 0 radical (unpaired) electrons. The van der Waals surface area contributed by atoms with Crippen molar-refractivity contribution < 1.29 is 38.2 Å². The van der Waals surface area contributed by atoms with Crippen molar-refractivity contribution in [1.29, 1.82) is 0 Å². The number of rotatable bonds is 11. The van der Waals surface area contributed by atoms with E-state index in [1.807, 2.05) is 44.2 Å². The third kappa shape index (κ3) is 20.2. The number of nitrogens with two attached hydrogens (primary N) is 1. The SMILES string of the molecule is CC(C)[C@@H](NC(=O)CN)C(=O)OC(C)(C)C.CC(C)[C@@H](NC(=O)CNC(=O)OCc1ccccc1)C(=O)OC(C)(C)C.Cl. The van der Waals surface area contributed by atoms with Gasteiger partial charge in [0.2, 0.25) is 11.8 Å². The van der Waals surface area contributed by atoms with Crippen LogP contribution in [0.5, 0.6) is 0 Å². The first-order chi connectivity index (χ1) is 19.3. The second kappa shape index (κ2) is 19.7. The van der Waals surface area contributed by atoms with Crippen LogP contribution in [0.4, 0.5) is 4.79 Å². The van der Waals surface area contributed by atoms with E-state index in [1.54, 1.807) is 55.4 Å². The summed E-state index contributed by atoms with van der Waals surface area (Å²) in [6.07, 6.45) is -0.706. The number of carbonyl (C=O) groups is 5. The number of amides is 3. The van der Waals surface area contributed by atoms with Gasteiger partial charge < -0.3 is 35.9 Å². The van der Waals surface area contributed by atoms with Crippen LogP contribution in [0, 0.1) is 11.8 Å². The van der Waals surface area contributed by atoms with Crippen molar-refractivity contribution in [3.05, 3.63) is 35.9 Å². The lowest BCUT2D eigenvalue weighted by atomic mass is 10.0. The van der Waals surface area contributed by atoms with E-state index < -0.39 is 47.2 Å². The zero-order valence-corrected chi connectivity index (χ0v) is 27.9. The molecule has 1 aromatic carbocycles. The van der Waals surface area contributed by atoms with Crippen LogP contribution < -0.4 is 21.7 Å². The molecular weight excluding hydrogens is 580 g/mol. The summed E-state index contributed by atoms with van der Waals surface area (Å²) >= 11 is 0. The molecule has 2 atom stereocenters. The first-order valence-electron chi connectivity index (χ1n) is 13.9. The minimum Gasteiger partial charge on any atom is -0.458 e. The molecule has 43 heavy (non-hydrogen) atoms. The molecule has 0 aliphatic carbocycles. The van der Waals surface area contributed by atoms with Crippen molar-refractivity contribution in [1.82, 2.24) is 16.0 Å². The van der Waals surface area contributed by atoms with Gasteiger partial charge in [0.1, 0.15) is 36.4 Å². The Morgan fingerprint density at radius 2 is 1.16 bits per heavy atom. The predicted octanol–water partition coefficient (Wildman–Crippen LogP) is 3.24. The van der Waals surface area contributed by atoms with E-state index in [4.69, 9.17) is 19.9 Å². The van der Waals surface area contributed by atoms with Crippen LogP contribution in [0.15, 0.2) is 30.3 Å². The van der Waals surface area contributed by atoms with Gasteiger partial charge >= 0.3 is 18.0 Å². The fourth-order valence-electron chi connectivity index (χ4n) is 3.11. The third-order valence-electron chi connectivity index (χ3n) is 5.08. The molecule has 0 heterocycles. The number of benzene rings is 1. The highest BCUT2D eigenvalue weighted by atomic mass is 35.5. The number of hydrogen-bond acceptors (Lipinski definition) is 9. The van der Waals surface area contributed by atoms with Crippen LogP contribution in [-0.4, -0.2) is 66.2 Å². The zero-order valence-electron chi connectivity index (χ0n) is 27.1. The second-order valence-corrected chi connectivity index (χ2v) is 12.3. The first-order valence-corrected chi connectivity index (χ1v) is 13.9. The van der Waals surface area contributed by atoms with Gasteiger partial charge in [0.15, 0.2) is 0 Å². The summed E-state index contributed by atoms with van der Waals surface area (Å²) in [5.41, 5.74) is 4.83. The number of alkyl carbamates (subject to hydrolysis) is 1. The predicted molar refractivity (Wildman–Crippen MR) is 166 cm³/mol. The number of ether oxygens (including phenoxy) is 3. The molecule has 0 unspecified atom stereocenters. The minimum absolute atomic E-state index is 0. The minimum atomic E-state index is -0.788. The summed E-state index contributed by atoms with van der Waals surface area (Å²) in [6, 6.07) is 7.77. The van der Waals surface area contributed by atoms with Gasteiger partial charge in [-0.3, -0.25) is 9.59 Å². The lowest BCUT2D eigenvalue weighted by Crippen LogP contribution is -2.50. The summed E-state index contributed by atoms with van der Waals surface area (Å²) in [7, 11) is 0. The second-order valence-electron chi connectivity index (χ2n) is 12.3. The van der Waals surface area contributed by atoms with Gasteiger partial charge in [-0.15, -0.1) is 12.4 Å². The number of halogens is 1. The number of hydrogen-bond donors (Lipinski definition) is 4. The van der Waals surface area contributed by atoms with E-state index in [0.717, 1.165) is 5.56 Å². The molecule has 1 rings (SSSR count). The average molecular weight is 631 g/mol. The van der Waals surface area contributed by atoms with Gasteiger partial charge in [-0.25, -0.2) is 14.4 Å². The highest BCUT2D eigenvalue weighted by Gasteiger charge is 2.30. The topological polar surface area (TPSA) is 175 Å². The number of esters is 2. The quantitative estimate of drug-likeness (QED) is 0.211. The van der Waals surface area contributed by atoms with Gasteiger partial charge in [0.05, 0.1) is 6.54 Å². The van der Waals surface area contributed by atoms with E-state index >= 15 is 0 Å². The maximum absolute atomic E-state index is 12.2. The molecule has 5 N–H and O–H groups in total. The standard InChI is InChI=1S/C19H28N2O5.C11H22N2O3.ClH/c1-13(2)16(17(23)26-19(3,4)5)21-15(22)11-20-18(24)25-12-14-9-7-6-8-10-14;1-7(2)9(13-8(14)6-12)10(15)16-11(3,4)5;/h6-10,13,16H,11-12H2,1-5H3,(H,20,24)(H,21,22);7,9H,6,12H2,1-5H3,(H,13,14);1H/t16-;9-;/m11./s1. The van der Waals surface area contributed by atoms with E-state index in [9.17, 15) is 24.0 Å². The Morgan fingerprint density at radius 3 is 1.53 bits per heavy atom. The summed E-state index contributed by atoms with van der Waals surface area (Å²) in [6.45, 7) is 17.6. The Bertz CT molecular complexity index is 1020. The van der Waals surface area contributed by atoms with Crippen LogP contribution >= 0.6 is 12.4 Å². The lowest BCUT2D eigenvalue weighted by molar-refractivity contribution is -0.160. The van der Waals surface area contributed by atoms with E-state index in [0.29, 0.717) is 0 Å². The molecule has 0 saturated carbocycles. The van der Waals surface area contributed by atoms with Gasteiger partial charge in [-0.05, 0) is 58.9 Å². The van der Waals surface area contributed by atoms with Crippen LogP contribution in [0.1, 0.15) is 74.8 Å². The monoisotopic (exact) mass is 630 g/mol. The summed E-state index contributed by atoms with van der Waals surface area (Å²) < 4.78 is 15.5. The van der Waals surface area contributed by atoms with Crippen molar-refractivity contribution in [2.45, 2.75) is 99.1 Å². The molecule has 0 aliphatic rings. The molecule has 1 aromatic rings. The number of nitrogens with one attached hydrogen (secondary N) is 3. The molecule has 13 heteroatoms. The molecule has 0 bridgehead atoms. The van der Waals surface area contributed by atoms with Crippen molar-refractivity contribution in [2.24, 2.45) is 17.6 Å². The van der Waals surface area contributed by atoms with E-state index in [2.05, 4.69) is 16.0 Å². The highest BCUT2D eigenvalue weighted by molar-refractivity contribution is 5.87. The molecule has 3 amide bonds. The molecule has 246 valence electrons. The Hall–Kier alpha value is -3.38. The fourth-order valence-corrected chi connectivity index (χ4v) is 3.11. The maximum Gasteiger partial charge on any atom is 0.407 e. The average Bonchev–Trinajstić information content (AvgIpc) is 2.86. The van der Waals surface area contributed by atoms with Crippen molar-refractivity contribution >= 4 is 42.3 Å². The Morgan fingerprint density at radius 1 is 0.744 bits per heavy atom. The molecule has 12 nitrogen and oxygen atoms in total. The zero-order chi connectivity index (χ0) is 32.7. The fraction of sp³-hybridized carbons (Fsp3) is 0.633. The van der Waals surface area contributed by atoms with E-state index in [1.165, 1.54) is 0 Å². The van der Waals surface area contributed by atoms with Gasteiger partial charge in [-0.1, -0.05) is 58.0 Å². The molecule has 0 fully saturated rings. The van der Waals surface area contributed by atoms with Crippen molar-refractivity contribution in [3.63, 3.8) is 0 Å². The normalized spacial score (nSPS) is 12.4. The van der Waals surface area contributed by atoms with Crippen LogP contribution in [0.25, 0.3) is 0 Å². The molecule has 0 aromatic heterocycles. The summed E-state index contributed by atoms with van der Waals surface area (Å²) in [5.74, 6) is -1.98. The maximum atomic E-state index is 12.2. The smallest absolute Gasteiger partial charge is 0.407 e. The van der Waals surface area contributed by atoms with Gasteiger partial charge in [0.25, 0.3) is 0 Å². The number of carbonyl (C=O) groups excluding carboxylic acids is 5. The molecule has 0 aliphatic heterocycles. The van der Waals surface area contributed by atoms with Crippen LogP contribution in [0.2, 0.25) is 0 Å². The van der Waals surface area contributed by atoms with Gasteiger partial charge in [-0.2, -0.15) is 0 Å². The van der Waals surface area contributed by atoms with Crippen LogP contribution in [-0.2, 0) is 40.0 Å². The Balaban J connectivity index is 0. The van der Waals surface area contributed by atoms with Crippen LogP contribution in [0.3, 0.4) is 0 Å².